The topological polar surface area (TPSA) is 118 Å². The van der Waals surface area contributed by atoms with Gasteiger partial charge in [0.15, 0.2) is 0 Å². The van der Waals surface area contributed by atoms with Gasteiger partial charge in [-0.25, -0.2) is 0 Å². The van der Waals surface area contributed by atoms with Gasteiger partial charge in [0.1, 0.15) is 0 Å². The average molecular weight is 218 g/mol. The first-order chi connectivity index (χ1) is 3.71. The molecular formula is H3KO7S2. The molecule has 2 N–H and O–H groups in total. The molecular weight excluding hydrogens is 215 g/mol. The van der Waals surface area contributed by atoms with E-state index in [1.54, 1.807) is 0 Å². The molecule has 7 nitrogen and oxygen atoms in total. The molecule has 0 unspecified atom stereocenters. The molecule has 0 aromatic rings. The molecule has 0 heterocycles. The van der Waals surface area contributed by atoms with E-state index in [0.29, 0.717) is 0 Å². The maximum atomic E-state index is 9.44. The van der Waals surface area contributed by atoms with Gasteiger partial charge in [0.2, 0.25) is 0 Å². The van der Waals surface area contributed by atoms with E-state index in [2.05, 4.69) is 3.63 Å². The third kappa shape index (κ3) is 12.1. The van der Waals surface area contributed by atoms with Crippen LogP contribution in [0.4, 0.5) is 0 Å². The van der Waals surface area contributed by atoms with Crippen molar-refractivity contribution < 1.29 is 29.6 Å². The van der Waals surface area contributed by atoms with Gasteiger partial charge < -0.3 is 0 Å². The number of rotatable bonds is 2. The van der Waals surface area contributed by atoms with Crippen molar-refractivity contribution in [2.24, 2.45) is 0 Å². The van der Waals surface area contributed by atoms with Gasteiger partial charge in [-0.2, -0.15) is 16.8 Å². The van der Waals surface area contributed by atoms with Crippen LogP contribution in [-0.2, 0) is 24.4 Å². The number of hydrogen-bond acceptors (Lipinski definition) is 5. The van der Waals surface area contributed by atoms with E-state index in [-0.39, 0.29) is 51.4 Å². The zero-order valence-electron chi connectivity index (χ0n) is 3.75. The monoisotopic (exact) mass is 218 g/mol. The number of hydrogen-bond donors (Lipinski definition) is 2. The van der Waals surface area contributed by atoms with Gasteiger partial charge in [-0.15, -0.1) is 3.63 Å². The van der Waals surface area contributed by atoms with Crippen molar-refractivity contribution in [2.45, 2.75) is 0 Å². The summed E-state index contributed by atoms with van der Waals surface area (Å²) in [5.41, 5.74) is 0. The van der Waals surface area contributed by atoms with Crippen LogP contribution in [0.5, 0.6) is 0 Å². The second-order valence-electron chi connectivity index (χ2n) is 0.924. The van der Waals surface area contributed by atoms with Gasteiger partial charge in [0, 0.05) is 0 Å². The first-order valence-corrected chi connectivity index (χ1v) is 4.10. The molecule has 0 rings (SSSR count). The van der Waals surface area contributed by atoms with Crippen molar-refractivity contribution in [1.82, 2.24) is 0 Å². The van der Waals surface area contributed by atoms with Gasteiger partial charge in [0.25, 0.3) is 0 Å². The minimum absolute atomic E-state index is 0. The quantitative estimate of drug-likeness (QED) is 0.405. The molecule has 10 heteroatoms. The Balaban J connectivity index is 0. The van der Waals surface area contributed by atoms with Gasteiger partial charge in [0.05, 0.1) is 0 Å². The first-order valence-electron chi connectivity index (χ1n) is 1.37. The molecule has 0 amide bonds. The van der Waals surface area contributed by atoms with Crippen LogP contribution in [0.15, 0.2) is 0 Å². The van der Waals surface area contributed by atoms with E-state index in [1.165, 1.54) is 0 Å². The third-order valence-electron chi connectivity index (χ3n) is 0.172. The maximum absolute atomic E-state index is 9.44. The summed E-state index contributed by atoms with van der Waals surface area (Å²) in [6.45, 7) is 0. The zero-order chi connectivity index (χ0) is 7.71. The van der Waals surface area contributed by atoms with Crippen LogP contribution in [0.3, 0.4) is 0 Å². The molecule has 0 bridgehead atoms. The molecule has 0 atom stereocenters. The second-order valence-corrected chi connectivity index (χ2v) is 3.18. The Morgan fingerprint density at radius 2 is 1.10 bits per heavy atom. The summed E-state index contributed by atoms with van der Waals surface area (Å²) in [5.74, 6) is 0. The van der Waals surface area contributed by atoms with Crippen LogP contribution in [-0.4, -0.2) is 77.3 Å². The Labute approximate surface area is 100 Å². The normalized spacial score (nSPS) is 12.2. The molecule has 0 spiro atoms. The fraction of sp³-hybridized carbons (Fsp3) is 0. The molecule has 0 aromatic carbocycles. The van der Waals surface area contributed by atoms with Gasteiger partial charge in [-0.3, -0.25) is 9.11 Å². The molecule has 0 saturated carbocycles. The molecule has 0 aliphatic carbocycles. The Bertz CT molecular complexity index is 237. The van der Waals surface area contributed by atoms with Gasteiger partial charge in [-0.05, 0) is 0 Å². The Hall–Kier alpha value is 1.42. The fourth-order valence-electron chi connectivity index (χ4n) is 0.109. The Kier molecular flexibility index (Phi) is 6.21. The van der Waals surface area contributed by atoms with Crippen LogP contribution >= 0.6 is 0 Å². The zero-order valence-corrected chi connectivity index (χ0v) is 5.39. The minimum atomic E-state index is -5.12. The Morgan fingerprint density at radius 1 is 0.900 bits per heavy atom. The average Bonchev–Trinajstić information content (AvgIpc) is 1.14. The van der Waals surface area contributed by atoms with E-state index in [1.807, 2.05) is 0 Å². The summed E-state index contributed by atoms with van der Waals surface area (Å²) in [7, 11) is -10.2. The Morgan fingerprint density at radius 3 is 1.10 bits per heavy atom. The van der Waals surface area contributed by atoms with E-state index in [4.69, 9.17) is 9.11 Å². The fourth-order valence-corrected chi connectivity index (χ4v) is 0.978. The van der Waals surface area contributed by atoms with Crippen molar-refractivity contribution in [3.63, 3.8) is 0 Å². The van der Waals surface area contributed by atoms with E-state index < -0.39 is 20.8 Å². The van der Waals surface area contributed by atoms with Crippen LogP contribution in [0.1, 0.15) is 0 Å². The molecule has 58 valence electrons. The van der Waals surface area contributed by atoms with E-state index >= 15 is 0 Å². The third-order valence-corrected chi connectivity index (χ3v) is 1.55. The predicted octanol–water partition coefficient (Wildman–Crippen LogP) is -2.04. The van der Waals surface area contributed by atoms with Crippen molar-refractivity contribution in [3.05, 3.63) is 0 Å². The summed E-state index contributed by atoms with van der Waals surface area (Å²) >= 11 is 0. The molecule has 0 radical (unpaired) electrons. The summed E-state index contributed by atoms with van der Waals surface area (Å²) in [6.07, 6.45) is 0. The molecule has 0 saturated heterocycles. The summed E-state index contributed by atoms with van der Waals surface area (Å²) in [5, 5.41) is 0. The van der Waals surface area contributed by atoms with Crippen LogP contribution in [0.25, 0.3) is 0 Å². The summed E-state index contributed by atoms with van der Waals surface area (Å²) < 4.78 is 55.6. The van der Waals surface area contributed by atoms with Crippen LogP contribution in [0, 0.1) is 0 Å². The second kappa shape index (κ2) is 4.44. The predicted molar refractivity (Wildman–Crippen MR) is 31.3 cm³/mol. The van der Waals surface area contributed by atoms with Gasteiger partial charge in [-0.1, -0.05) is 0 Å². The van der Waals surface area contributed by atoms with Crippen molar-refractivity contribution in [2.75, 3.05) is 0 Å². The van der Waals surface area contributed by atoms with E-state index in [0.717, 1.165) is 0 Å². The van der Waals surface area contributed by atoms with E-state index in [9.17, 15) is 16.8 Å². The van der Waals surface area contributed by atoms with Gasteiger partial charge >= 0.3 is 72.2 Å². The van der Waals surface area contributed by atoms with Crippen LogP contribution < -0.4 is 0 Å². The molecule has 0 aliphatic rings. The molecule has 0 aromatic heterocycles. The molecule has 0 aliphatic heterocycles. The van der Waals surface area contributed by atoms with Crippen molar-refractivity contribution >= 4 is 72.2 Å². The standard InChI is InChI=1S/K.H2O7S2.H/c;1-8(2,3)7-9(4,5)6;/h;(H,1,2,3)(H,4,5,6);. The summed E-state index contributed by atoms with van der Waals surface area (Å²) in [4.78, 5) is 0. The summed E-state index contributed by atoms with van der Waals surface area (Å²) in [6, 6.07) is 0. The molecule has 0 fully saturated rings. The van der Waals surface area contributed by atoms with Crippen molar-refractivity contribution in [3.8, 4) is 0 Å². The van der Waals surface area contributed by atoms with Crippen LogP contribution in [0.2, 0.25) is 0 Å². The SMILES string of the molecule is O=S(=O)(O)OS(=O)(=O)O.[KH]. The molecule has 10 heavy (non-hydrogen) atoms. The van der Waals surface area contributed by atoms with Crippen molar-refractivity contribution in [1.29, 1.82) is 0 Å². The first kappa shape index (κ1) is 14.0.